The van der Waals surface area contributed by atoms with Gasteiger partial charge in [0.1, 0.15) is 11.5 Å². The molecule has 0 amide bonds. The lowest BCUT2D eigenvalue weighted by Crippen LogP contribution is -2.08. The van der Waals surface area contributed by atoms with Gasteiger partial charge >= 0.3 is 5.97 Å². The summed E-state index contributed by atoms with van der Waals surface area (Å²) in [5.41, 5.74) is 1.95. The molecule has 1 aromatic heterocycles. The van der Waals surface area contributed by atoms with Crippen molar-refractivity contribution in [3.8, 4) is 0 Å². The number of aromatic carboxylic acids is 1. The van der Waals surface area contributed by atoms with E-state index in [2.05, 4.69) is 5.10 Å². The number of rotatable bonds is 5. The van der Waals surface area contributed by atoms with E-state index in [1.165, 1.54) is 16.8 Å². The molecule has 1 N–H and O–H groups in total. The Kier molecular flexibility index (Phi) is 3.94. The molecule has 0 aliphatic heterocycles. The quantitative estimate of drug-likeness (QED) is 0.900. The second-order valence-corrected chi connectivity index (χ2v) is 4.27. The summed E-state index contributed by atoms with van der Waals surface area (Å²) in [6.07, 6.45) is 1.35. The molecule has 100 valence electrons. The van der Waals surface area contributed by atoms with Crippen molar-refractivity contribution < 1.29 is 14.3 Å². The van der Waals surface area contributed by atoms with Crippen molar-refractivity contribution >= 4 is 5.97 Å². The summed E-state index contributed by atoms with van der Waals surface area (Å²) < 4.78 is 14.2. The van der Waals surface area contributed by atoms with Gasteiger partial charge in [-0.15, -0.1) is 0 Å². The summed E-state index contributed by atoms with van der Waals surface area (Å²) >= 11 is 0. The summed E-state index contributed by atoms with van der Waals surface area (Å²) in [6.45, 7) is 2.38. The largest absolute Gasteiger partial charge is 0.477 e. The molecule has 0 unspecified atom stereocenters. The smallest absolute Gasteiger partial charge is 0.354 e. The van der Waals surface area contributed by atoms with Crippen LogP contribution in [0.5, 0.6) is 0 Å². The number of carboxylic acids is 1. The number of benzene rings is 1. The number of carboxylic acid groups (broad SMARTS) is 1. The van der Waals surface area contributed by atoms with Gasteiger partial charge in [0.2, 0.25) is 0 Å². The van der Waals surface area contributed by atoms with Gasteiger partial charge in [-0.25, -0.2) is 9.18 Å². The lowest BCUT2D eigenvalue weighted by molar-refractivity contribution is 0.0683. The fourth-order valence-corrected chi connectivity index (χ4v) is 1.93. The number of carbonyl (C=O) groups is 1. The first-order chi connectivity index (χ1) is 9.10. The van der Waals surface area contributed by atoms with Gasteiger partial charge in [-0.2, -0.15) is 5.10 Å². The van der Waals surface area contributed by atoms with Gasteiger partial charge in [0.05, 0.1) is 5.69 Å². The zero-order chi connectivity index (χ0) is 13.8. The van der Waals surface area contributed by atoms with Crippen molar-refractivity contribution in [2.45, 2.75) is 26.3 Å². The molecule has 0 fully saturated rings. The Morgan fingerprint density at radius 2 is 2.00 bits per heavy atom. The van der Waals surface area contributed by atoms with E-state index in [1.54, 1.807) is 18.2 Å². The van der Waals surface area contributed by atoms with Crippen LogP contribution >= 0.6 is 0 Å². The first-order valence-electron chi connectivity index (χ1n) is 6.14. The average Bonchev–Trinajstić information content (AvgIpc) is 2.81. The first-order valence-corrected chi connectivity index (χ1v) is 6.14. The van der Waals surface area contributed by atoms with E-state index >= 15 is 0 Å². The molecule has 19 heavy (non-hydrogen) atoms. The van der Waals surface area contributed by atoms with E-state index in [0.29, 0.717) is 19.4 Å². The van der Waals surface area contributed by atoms with E-state index in [0.717, 1.165) is 11.3 Å². The molecule has 5 heteroatoms. The maximum atomic E-state index is 12.8. The Hall–Kier alpha value is -2.17. The predicted molar refractivity (Wildman–Crippen MR) is 68.7 cm³/mol. The third-order valence-electron chi connectivity index (χ3n) is 2.93. The molecule has 1 aromatic carbocycles. The van der Waals surface area contributed by atoms with Crippen LogP contribution in [0, 0.1) is 5.82 Å². The van der Waals surface area contributed by atoms with Gasteiger partial charge < -0.3 is 5.11 Å². The Morgan fingerprint density at radius 3 is 2.53 bits per heavy atom. The molecule has 0 aliphatic carbocycles. The molecule has 0 atom stereocenters. The average molecular weight is 262 g/mol. The molecule has 2 aromatic rings. The highest BCUT2D eigenvalue weighted by molar-refractivity contribution is 5.85. The summed E-state index contributed by atoms with van der Waals surface area (Å²) in [5, 5.41) is 13.3. The third-order valence-corrected chi connectivity index (χ3v) is 2.93. The van der Waals surface area contributed by atoms with Gasteiger partial charge in [0.25, 0.3) is 0 Å². The lowest BCUT2D eigenvalue weighted by atomic mass is 10.1. The molecule has 0 saturated carbocycles. The first kappa shape index (κ1) is 13.3. The number of nitrogens with zero attached hydrogens (tertiary/aromatic N) is 2. The number of aryl methyl sites for hydroxylation is 3. The van der Waals surface area contributed by atoms with E-state index in [-0.39, 0.29) is 11.5 Å². The fourth-order valence-electron chi connectivity index (χ4n) is 1.93. The van der Waals surface area contributed by atoms with E-state index in [4.69, 9.17) is 5.11 Å². The molecular formula is C14H15FN2O2. The second-order valence-electron chi connectivity index (χ2n) is 4.27. The van der Waals surface area contributed by atoms with E-state index in [1.807, 2.05) is 6.92 Å². The van der Waals surface area contributed by atoms with Gasteiger partial charge in [0, 0.05) is 6.54 Å². The van der Waals surface area contributed by atoms with Crippen LogP contribution in [0.4, 0.5) is 4.39 Å². The maximum Gasteiger partial charge on any atom is 0.354 e. The van der Waals surface area contributed by atoms with Crippen LogP contribution in [0.15, 0.2) is 30.3 Å². The predicted octanol–water partition coefficient (Wildman–Crippen LogP) is 2.53. The van der Waals surface area contributed by atoms with Gasteiger partial charge in [0.15, 0.2) is 0 Å². The summed E-state index contributed by atoms with van der Waals surface area (Å²) in [5.74, 6) is -1.23. The maximum absolute atomic E-state index is 12.8. The zero-order valence-corrected chi connectivity index (χ0v) is 10.6. The van der Waals surface area contributed by atoms with Crippen LogP contribution in [0.2, 0.25) is 0 Å². The minimum atomic E-state index is -0.970. The molecule has 0 radical (unpaired) electrons. The van der Waals surface area contributed by atoms with Crippen molar-refractivity contribution in [2.75, 3.05) is 0 Å². The minimum absolute atomic E-state index is 0.205. The van der Waals surface area contributed by atoms with Crippen LogP contribution in [-0.4, -0.2) is 20.9 Å². The van der Waals surface area contributed by atoms with Crippen molar-refractivity contribution in [1.29, 1.82) is 0 Å². The summed E-state index contributed by atoms with van der Waals surface area (Å²) in [7, 11) is 0. The van der Waals surface area contributed by atoms with Gasteiger partial charge in [-0.1, -0.05) is 12.1 Å². The Labute approximate surface area is 110 Å². The normalized spacial score (nSPS) is 10.6. The number of aromatic nitrogens is 2. The van der Waals surface area contributed by atoms with Crippen LogP contribution in [0.3, 0.4) is 0 Å². The molecular weight excluding hydrogens is 247 g/mol. The van der Waals surface area contributed by atoms with Gasteiger partial charge in [-0.05, 0) is 43.5 Å². The third kappa shape index (κ3) is 3.19. The summed E-state index contributed by atoms with van der Waals surface area (Å²) in [6, 6.07) is 7.88. The van der Waals surface area contributed by atoms with Crippen LogP contribution in [-0.2, 0) is 19.4 Å². The van der Waals surface area contributed by atoms with Crippen LogP contribution < -0.4 is 0 Å². The molecule has 2 rings (SSSR count). The Morgan fingerprint density at radius 1 is 1.32 bits per heavy atom. The fraction of sp³-hybridized carbons (Fsp3) is 0.286. The molecule has 0 aliphatic rings. The SMILES string of the molecule is CCn1nc(CCc2ccc(F)cc2)cc1C(=O)O. The number of halogens is 1. The molecule has 0 bridgehead atoms. The Balaban J connectivity index is 2.07. The molecule has 0 spiro atoms. The standard InChI is InChI=1S/C14H15FN2O2/c1-2-17-13(14(18)19)9-12(16-17)8-5-10-3-6-11(15)7-4-10/h3-4,6-7,9H,2,5,8H2,1H3,(H,18,19). The van der Waals surface area contributed by atoms with Crippen molar-refractivity contribution in [1.82, 2.24) is 9.78 Å². The van der Waals surface area contributed by atoms with E-state index in [9.17, 15) is 9.18 Å². The monoisotopic (exact) mass is 262 g/mol. The van der Waals surface area contributed by atoms with Crippen molar-refractivity contribution in [3.63, 3.8) is 0 Å². The van der Waals surface area contributed by atoms with E-state index < -0.39 is 5.97 Å². The van der Waals surface area contributed by atoms with Crippen molar-refractivity contribution in [3.05, 3.63) is 53.1 Å². The van der Waals surface area contributed by atoms with Crippen LogP contribution in [0.25, 0.3) is 0 Å². The highest BCUT2D eigenvalue weighted by Crippen LogP contribution is 2.10. The topological polar surface area (TPSA) is 55.1 Å². The van der Waals surface area contributed by atoms with Gasteiger partial charge in [-0.3, -0.25) is 4.68 Å². The summed E-state index contributed by atoms with van der Waals surface area (Å²) in [4.78, 5) is 11.0. The molecule has 4 nitrogen and oxygen atoms in total. The molecule has 1 heterocycles. The zero-order valence-electron chi connectivity index (χ0n) is 10.6. The number of hydrogen-bond donors (Lipinski definition) is 1. The van der Waals surface area contributed by atoms with Crippen molar-refractivity contribution in [2.24, 2.45) is 0 Å². The highest BCUT2D eigenvalue weighted by atomic mass is 19.1. The lowest BCUT2D eigenvalue weighted by Gasteiger charge is -1.99. The molecule has 0 saturated heterocycles. The minimum Gasteiger partial charge on any atom is -0.477 e. The van der Waals surface area contributed by atoms with Crippen LogP contribution in [0.1, 0.15) is 28.7 Å². The second kappa shape index (κ2) is 5.65. The Bertz CT molecular complexity index is 576. The highest BCUT2D eigenvalue weighted by Gasteiger charge is 2.12. The number of hydrogen-bond acceptors (Lipinski definition) is 2.